The molecule has 1 saturated carbocycles. The molecule has 1 aliphatic heterocycles. The standard InChI is InChI=1S/C15H23N3O/c1-10(2)18-15-13(9-16-18)12(8-14(19)17-15)11-6-4-3-5-7-11/h9-12H,3-8H2,1-2H3,(H,17,19). The van der Waals surface area contributed by atoms with Crippen LogP contribution in [0, 0.1) is 5.92 Å². The molecule has 104 valence electrons. The van der Waals surface area contributed by atoms with Crippen molar-refractivity contribution in [3.63, 3.8) is 0 Å². The van der Waals surface area contributed by atoms with Crippen molar-refractivity contribution in [2.75, 3.05) is 5.32 Å². The van der Waals surface area contributed by atoms with Gasteiger partial charge in [-0.3, -0.25) is 4.79 Å². The fourth-order valence-electron chi connectivity index (χ4n) is 3.62. The molecule has 1 aliphatic carbocycles. The summed E-state index contributed by atoms with van der Waals surface area (Å²) in [6.45, 7) is 4.20. The number of nitrogens with one attached hydrogen (secondary N) is 1. The Morgan fingerprint density at radius 3 is 2.74 bits per heavy atom. The van der Waals surface area contributed by atoms with Gasteiger partial charge in [0.25, 0.3) is 0 Å². The Labute approximate surface area is 114 Å². The summed E-state index contributed by atoms with van der Waals surface area (Å²) < 4.78 is 1.95. The van der Waals surface area contributed by atoms with E-state index in [-0.39, 0.29) is 11.9 Å². The van der Waals surface area contributed by atoms with Gasteiger partial charge in [-0.2, -0.15) is 5.10 Å². The highest BCUT2D eigenvalue weighted by Crippen LogP contribution is 2.43. The lowest BCUT2D eigenvalue weighted by Crippen LogP contribution is -2.29. The van der Waals surface area contributed by atoms with Gasteiger partial charge in [-0.25, -0.2) is 4.68 Å². The summed E-state index contributed by atoms with van der Waals surface area (Å²) >= 11 is 0. The number of carbonyl (C=O) groups excluding carboxylic acids is 1. The molecule has 0 aromatic carbocycles. The summed E-state index contributed by atoms with van der Waals surface area (Å²) in [7, 11) is 0. The molecule has 1 atom stereocenters. The molecule has 1 aromatic rings. The quantitative estimate of drug-likeness (QED) is 0.886. The summed E-state index contributed by atoms with van der Waals surface area (Å²) in [5.74, 6) is 2.16. The number of aromatic nitrogens is 2. The number of rotatable bonds is 2. The third-order valence-electron chi connectivity index (χ3n) is 4.59. The number of fused-ring (bicyclic) bond motifs is 1. The SMILES string of the molecule is CC(C)n1ncc2c1NC(=O)CC2C1CCCCC1. The summed E-state index contributed by atoms with van der Waals surface area (Å²) in [6, 6.07) is 0.286. The first-order valence-electron chi connectivity index (χ1n) is 7.54. The van der Waals surface area contributed by atoms with E-state index in [2.05, 4.69) is 24.3 Å². The zero-order valence-electron chi connectivity index (χ0n) is 11.9. The van der Waals surface area contributed by atoms with Crippen molar-refractivity contribution in [1.29, 1.82) is 0 Å². The second-order valence-corrected chi connectivity index (χ2v) is 6.24. The minimum atomic E-state index is 0.158. The maximum absolute atomic E-state index is 12.0. The third kappa shape index (κ3) is 2.28. The zero-order valence-corrected chi connectivity index (χ0v) is 11.9. The lowest BCUT2D eigenvalue weighted by molar-refractivity contribution is -0.117. The van der Waals surface area contributed by atoms with Gasteiger partial charge in [-0.05, 0) is 32.6 Å². The second-order valence-electron chi connectivity index (χ2n) is 6.24. The predicted octanol–water partition coefficient (Wildman–Crippen LogP) is 3.47. The van der Waals surface area contributed by atoms with E-state index in [0.29, 0.717) is 18.3 Å². The Morgan fingerprint density at radius 1 is 1.32 bits per heavy atom. The summed E-state index contributed by atoms with van der Waals surface area (Å²) in [6.07, 6.45) is 9.14. The molecule has 1 unspecified atom stereocenters. The minimum absolute atomic E-state index is 0.158. The molecule has 4 nitrogen and oxygen atoms in total. The van der Waals surface area contributed by atoms with Crippen LogP contribution in [0.15, 0.2) is 6.20 Å². The zero-order chi connectivity index (χ0) is 13.4. The Balaban J connectivity index is 1.93. The first-order chi connectivity index (χ1) is 9.16. The van der Waals surface area contributed by atoms with E-state index in [1.807, 2.05) is 10.9 Å². The van der Waals surface area contributed by atoms with E-state index in [9.17, 15) is 4.79 Å². The first-order valence-corrected chi connectivity index (χ1v) is 7.54. The fourth-order valence-corrected chi connectivity index (χ4v) is 3.62. The molecule has 1 N–H and O–H groups in total. The number of amides is 1. The molecule has 1 fully saturated rings. The highest BCUT2D eigenvalue weighted by molar-refractivity contribution is 5.93. The van der Waals surface area contributed by atoms with Crippen molar-refractivity contribution in [2.45, 2.75) is 64.3 Å². The van der Waals surface area contributed by atoms with Gasteiger partial charge in [0, 0.05) is 23.9 Å². The van der Waals surface area contributed by atoms with E-state index in [1.165, 1.54) is 37.7 Å². The van der Waals surface area contributed by atoms with Crippen molar-refractivity contribution >= 4 is 11.7 Å². The van der Waals surface area contributed by atoms with Gasteiger partial charge in [0.05, 0.1) is 6.20 Å². The van der Waals surface area contributed by atoms with Crippen LogP contribution in [0.4, 0.5) is 5.82 Å². The highest BCUT2D eigenvalue weighted by atomic mass is 16.1. The van der Waals surface area contributed by atoms with Crippen LogP contribution in [-0.2, 0) is 4.79 Å². The monoisotopic (exact) mass is 261 g/mol. The van der Waals surface area contributed by atoms with Crippen LogP contribution < -0.4 is 5.32 Å². The first kappa shape index (κ1) is 12.7. The van der Waals surface area contributed by atoms with Crippen molar-refractivity contribution in [3.8, 4) is 0 Å². The average molecular weight is 261 g/mol. The van der Waals surface area contributed by atoms with Gasteiger partial charge in [0.15, 0.2) is 0 Å². The molecule has 3 rings (SSSR count). The van der Waals surface area contributed by atoms with Crippen LogP contribution in [-0.4, -0.2) is 15.7 Å². The molecule has 19 heavy (non-hydrogen) atoms. The lowest BCUT2D eigenvalue weighted by Gasteiger charge is -2.33. The molecule has 0 radical (unpaired) electrons. The maximum Gasteiger partial charge on any atom is 0.226 e. The molecule has 2 heterocycles. The molecule has 4 heteroatoms. The summed E-state index contributed by atoms with van der Waals surface area (Å²) in [5.41, 5.74) is 1.26. The topological polar surface area (TPSA) is 46.9 Å². The number of carbonyl (C=O) groups is 1. The molecule has 0 spiro atoms. The number of hydrogen-bond donors (Lipinski definition) is 1. The lowest BCUT2D eigenvalue weighted by atomic mass is 9.75. The molecular weight excluding hydrogens is 238 g/mol. The summed E-state index contributed by atoms with van der Waals surface area (Å²) in [4.78, 5) is 12.0. The third-order valence-corrected chi connectivity index (χ3v) is 4.59. The van der Waals surface area contributed by atoms with Crippen LogP contribution in [0.3, 0.4) is 0 Å². The fraction of sp³-hybridized carbons (Fsp3) is 0.733. The van der Waals surface area contributed by atoms with E-state index < -0.39 is 0 Å². The predicted molar refractivity (Wildman–Crippen MR) is 75.2 cm³/mol. The Bertz CT molecular complexity index is 472. The van der Waals surface area contributed by atoms with E-state index in [1.54, 1.807) is 0 Å². The largest absolute Gasteiger partial charge is 0.311 e. The average Bonchev–Trinajstić information content (AvgIpc) is 2.82. The Kier molecular flexibility index (Phi) is 3.33. The van der Waals surface area contributed by atoms with Gasteiger partial charge in [0.1, 0.15) is 5.82 Å². The normalized spacial score (nSPS) is 24.4. The second kappa shape index (κ2) is 4.99. The van der Waals surface area contributed by atoms with E-state index in [4.69, 9.17) is 0 Å². The highest BCUT2D eigenvalue weighted by Gasteiger charge is 2.34. The molecule has 1 amide bonds. The van der Waals surface area contributed by atoms with Crippen molar-refractivity contribution in [3.05, 3.63) is 11.8 Å². The van der Waals surface area contributed by atoms with Gasteiger partial charge in [-0.1, -0.05) is 19.3 Å². The number of hydrogen-bond acceptors (Lipinski definition) is 2. The Morgan fingerprint density at radius 2 is 2.05 bits per heavy atom. The smallest absolute Gasteiger partial charge is 0.226 e. The number of anilines is 1. The van der Waals surface area contributed by atoms with Crippen LogP contribution in [0.5, 0.6) is 0 Å². The van der Waals surface area contributed by atoms with Crippen molar-refractivity contribution in [2.24, 2.45) is 5.92 Å². The van der Waals surface area contributed by atoms with Crippen molar-refractivity contribution in [1.82, 2.24) is 9.78 Å². The van der Waals surface area contributed by atoms with E-state index in [0.717, 1.165) is 5.82 Å². The molecule has 1 aromatic heterocycles. The summed E-state index contributed by atoms with van der Waals surface area (Å²) in [5, 5.41) is 7.50. The molecule has 2 aliphatic rings. The minimum Gasteiger partial charge on any atom is -0.311 e. The van der Waals surface area contributed by atoms with Gasteiger partial charge in [0.2, 0.25) is 5.91 Å². The Hall–Kier alpha value is -1.32. The molecular formula is C15H23N3O. The van der Waals surface area contributed by atoms with Gasteiger partial charge in [-0.15, -0.1) is 0 Å². The van der Waals surface area contributed by atoms with Gasteiger partial charge >= 0.3 is 0 Å². The van der Waals surface area contributed by atoms with Crippen LogP contribution in [0.1, 0.15) is 69.9 Å². The maximum atomic E-state index is 12.0. The van der Waals surface area contributed by atoms with Crippen LogP contribution in [0.25, 0.3) is 0 Å². The number of nitrogens with zero attached hydrogens (tertiary/aromatic N) is 2. The van der Waals surface area contributed by atoms with Crippen molar-refractivity contribution < 1.29 is 4.79 Å². The molecule has 0 bridgehead atoms. The van der Waals surface area contributed by atoms with E-state index >= 15 is 0 Å². The van der Waals surface area contributed by atoms with Crippen LogP contribution >= 0.6 is 0 Å². The van der Waals surface area contributed by atoms with Crippen LogP contribution in [0.2, 0.25) is 0 Å². The van der Waals surface area contributed by atoms with Gasteiger partial charge < -0.3 is 5.32 Å². The molecule has 0 saturated heterocycles.